The van der Waals surface area contributed by atoms with E-state index in [1.54, 1.807) is 12.1 Å². The zero-order valence-electron chi connectivity index (χ0n) is 23.9. The van der Waals surface area contributed by atoms with Crippen molar-refractivity contribution < 1.29 is 33.2 Å². The predicted octanol–water partition coefficient (Wildman–Crippen LogP) is 5.11. The van der Waals surface area contributed by atoms with Gasteiger partial charge in [0.05, 0.1) is 26.4 Å². The van der Waals surface area contributed by atoms with Gasteiger partial charge in [0.1, 0.15) is 5.82 Å². The van der Waals surface area contributed by atoms with Crippen molar-refractivity contribution in [3.05, 3.63) is 107 Å². The molecule has 3 aromatic rings. The summed E-state index contributed by atoms with van der Waals surface area (Å²) >= 11 is 0. The van der Waals surface area contributed by atoms with Gasteiger partial charge in [0, 0.05) is 31.6 Å². The summed E-state index contributed by atoms with van der Waals surface area (Å²) in [6, 6.07) is 20.9. The van der Waals surface area contributed by atoms with Crippen molar-refractivity contribution in [3.63, 3.8) is 0 Å². The second-order valence-electron chi connectivity index (χ2n) is 10.4. The Kier molecular flexibility index (Phi) is 10.4. The maximum absolute atomic E-state index is 13.4. The van der Waals surface area contributed by atoms with E-state index in [1.807, 2.05) is 13.0 Å². The van der Waals surface area contributed by atoms with Gasteiger partial charge in [-0.1, -0.05) is 54.6 Å². The summed E-state index contributed by atoms with van der Waals surface area (Å²) in [7, 11) is 0. The van der Waals surface area contributed by atoms with Crippen LogP contribution in [0.25, 0.3) is 11.1 Å². The van der Waals surface area contributed by atoms with Crippen molar-refractivity contribution in [1.82, 2.24) is 5.32 Å². The van der Waals surface area contributed by atoms with E-state index in [1.165, 1.54) is 34.4 Å². The van der Waals surface area contributed by atoms with E-state index >= 15 is 0 Å². The lowest BCUT2D eigenvalue weighted by molar-refractivity contribution is -0.168. The highest BCUT2D eigenvalue weighted by Gasteiger charge is 2.39. The van der Waals surface area contributed by atoms with Crippen LogP contribution in [0.4, 0.5) is 4.39 Å². The molecule has 2 aliphatic rings. The van der Waals surface area contributed by atoms with Gasteiger partial charge in [-0.25, -0.2) is 4.39 Å². The van der Waals surface area contributed by atoms with Gasteiger partial charge in [-0.05, 0) is 71.4 Å². The van der Waals surface area contributed by atoms with E-state index in [0.717, 1.165) is 17.5 Å². The third-order valence-electron chi connectivity index (χ3n) is 7.76. The fraction of sp³-hybridized carbons (Fsp3) is 0.382. The Bertz CT molecular complexity index is 1370. The number of aliphatic hydroxyl groups is 1. The number of carbonyl (C=O) groups excluding carboxylic acids is 1. The molecule has 1 heterocycles. The molecule has 1 aliphatic carbocycles. The monoisotopic (exact) mass is 575 g/mol. The first-order valence-corrected chi connectivity index (χ1v) is 14.6. The molecule has 0 saturated heterocycles. The second-order valence-corrected chi connectivity index (χ2v) is 10.4. The Hall–Kier alpha value is -3.56. The minimum absolute atomic E-state index is 0.0193. The number of halogens is 1. The average molecular weight is 576 g/mol. The summed E-state index contributed by atoms with van der Waals surface area (Å²) in [5.74, 6) is -0.715. The fourth-order valence-corrected chi connectivity index (χ4v) is 5.77. The van der Waals surface area contributed by atoms with Crippen LogP contribution in [0.15, 0.2) is 78.6 Å². The lowest BCUT2D eigenvalue weighted by atomic mass is 9.78. The summed E-state index contributed by atoms with van der Waals surface area (Å²) in [4.78, 5) is 13.4. The van der Waals surface area contributed by atoms with Crippen molar-refractivity contribution >= 4 is 5.91 Å². The quantitative estimate of drug-likeness (QED) is 0.204. The van der Waals surface area contributed by atoms with Gasteiger partial charge in [-0.3, -0.25) is 4.79 Å². The van der Waals surface area contributed by atoms with Crippen LogP contribution >= 0.6 is 0 Å². The number of aliphatic hydroxyl groups excluding tert-OH is 1. The van der Waals surface area contributed by atoms with Crippen molar-refractivity contribution in [2.24, 2.45) is 5.92 Å². The number of amides is 1. The largest absolute Gasteiger partial charge is 0.459 e. The molecule has 0 unspecified atom stereocenters. The van der Waals surface area contributed by atoms with Crippen LogP contribution in [0.2, 0.25) is 0 Å². The zero-order valence-corrected chi connectivity index (χ0v) is 23.9. The zero-order chi connectivity index (χ0) is 29.3. The van der Waals surface area contributed by atoms with Crippen LogP contribution in [-0.2, 0) is 36.7 Å². The molecule has 1 amide bonds. The maximum atomic E-state index is 13.4. The van der Waals surface area contributed by atoms with Crippen molar-refractivity contribution in [2.75, 3.05) is 39.6 Å². The third-order valence-corrected chi connectivity index (χ3v) is 7.76. The number of fused-ring (bicyclic) bond motifs is 3. The summed E-state index contributed by atoms with van der Waals surface area (Å²) in [6.07, 6.45) is 2.74. The van der Waals surface area contributed by atoms with Crippen molar-refractivity contribution in [3.8, 4) is 11.1 Å². The van der Waals surface area contributed by atoms with Crippen LogP contribution in [0.3, 0.4) is 0 Å². The molecule has 2 N–H and O–H groups in total. The Morgan fingerprint density at radius 2 is 1.74 bits per heavy atom. The first-order chi connectivity index (χ1) is 20.6. The average Bonchev–Trinajstić information content (AvgIpc) is 3.40. The van der Waals surface area contributed by atoms with Crippen LogP contribution in [0, 0.1) is 11.7 Å². The van der Waals surface area contributed by atoms with Crippen LogP contribution in [-0.4, -0.2) is 56.9 Å². The van der Waals surface area contributed by atoms with Crippen molar-refractivity contribution in [2.45, 2.75) is 38.5 Å². The number of hydrogen-bond acceptors (Lipinski definition) is 6. The van der Waals surface area contributed by atoms with Crippen LogP contribution < -0.4 is 5.32 Å². The number of carbonyl (C=O) groups is 1. The molecule has 0 aromatic heterocycles. The highest BCUT2D eigenvalue weighted by atomic mass is 19.1. The molecule has 0 saturated carbocycles. The summed E-state index contributed by atoms with van der Waals surface area (Å²) in [5, 5.41) is 11.8. The Morgan fingerprint density at radius 1 is 0.976 bits per heavy atom. The van der Waals surface area contributed by atoms with E-state index in [9.17, 15) is 9.18 Å². The molecule has 7 nitrogen and oxygen atoms in total. The van der Waals surface area contributed by atoms with E-state index in [2.05, 4.69) is 47.8 Å². The lowest BCUT2D eigenvalue weighted by Crippen LogP contribution is -2.39. The summed E-state index contributed by atoms with van der Waals surface area (Å²) in [6.45, 7) is 4.13. The van der Waals surface area contributed by atoms with Gasteiger partial charge in [-0.15, -0.1) is 0 Å². The second kappa shape index (κ2) is 14.6. The number of ether oxygens (including phenoxy) is 4. The number of nitrogens with one attached hydrogen (secondary N) is 1. The molecule has 0 radical (unpaired) electrons. The molecule has 5 rings (SSSR count). The van der Waals surface area contributed by atoms with Gasteiger partial charge >= 0.3 is 0 Å². The predicted molar refractivity (Wildman–Crippen MR) is 157 cm³/mol. The normalized spacial score (nSPS) is 19.0. The highest BCUT2D eigenvalue weighted by molar-refractivity contribution is 5.91. The first kappa shape index (κ1) is 29.9. The topological polar surface area (TPSA) is 86.3 Å². The van der Waals surface area contributed by atoms with Gasteiger partial charge in [0.15, 0.2) is 5.76 Å². The van der Waals surface area contributed by atoms with E-state index in [0.29, 0.717) is 32.8 Å². The van der Waals surface area contributed by atoms with Gasteiger partial charge in [-0.2, -0.15) is 0 Å². The lowest BCUT2D eigenvalue weighted by Gasteiger charge is -2.37. The minimum Gasteiger partial charge on any atom is -0.459 e. The molecular formula is C34H38FNO6. The smallest absolute Gasteiger partial charge is 0.286 e. The molecule has 222 valence electrons. The van der Waals surface area contributed by atoms with Crippen LogP contribution in [0.5, 0.6) is 0 Å². The van der Waals surface area contributed by atoms with E-state index in [-0.39, 0.29) is 49.1 Å². The molecule has 0 spiro atoms. The first-order valence-electron chi connectivity index (χ1n) is 14.6. The Labute approximate surface area is 246 Å². The molecule has 0 fully saturated rings. The highest BCUT2D eigenvalue weighted by Crippen LogP contribution is 2.45. The molecule has 3 atom stereocenters. The van der Waals surface area contributed by atoms with E-state index < -0.39 is 6.29 Å². The van der Waals surface area contributed by atoms with Crippen LogP contribution in [0.1, 0.15) is 41.5 Å². The van der Waals surface area contributed by atoms with Gasteiger partial charge in [0.25, 0.3) is 5.91 Å². The molecule has 1 aliphatic heterocycles. The molecule has 0 bridgehead atoms. The molecular weight excluding hydrogens is 537 g/mol. The minimum atomic E-state index is -0.648. The summed E-state index contributed by atoms with van der Waals surface area (Å²) in [5.41, 5.74) is 6.94. The fourth-order valence-electron chi connectivity index (χ4n) is 5.77. The number of allylic oxidation sites excluding steroid dienone is 1. The standard InChI is InChI=1S/C34H38FNO6/c1-2-41-34-29(14-16-39-18-19-40-17-15-37)31(21-32(42-34)33(38)36-22-23-10-12-25(35)13-11-23)28-9-5-8-27-26-7-4-3-6-24(26)20-30(27)28/h3-13,21,29,31,34,37H,2,14-20,22H2,1H3,(H,36,38)/t29-,31+,34+/m1/s1. The Balaban J connectivity index is 1.41. The number of rotatable bonds is 14. The number of hydrogen-bond donors (Lipinski definition) is 2. The molecule has 42 heavy (non-hydrogen) atoms. The molecule has 3 aromatic carbocycles. The molecule has 8 heteroatoms. The van der Waals surface area contributed by atoms with E-state index in [4.69, 9.17) is 24.1 Å². The maximum Gasteiger partial charge on any atom is 0.286 e. The van der Waals surface area contributed by atoms with Gasteiger partial charge < -0.3 is 29.4 Å². The third kappa shape index (κ3) is 7.07. The van der Waals surface area contributed by atoms with Gasteiger partial charge in [0.2, 0.25) is 6.29 Å². The SMILES string of the molecule is CCO[C@H]1OC(C(=O)NCc2ccc(F)cc2)=C[C@@H](c2cccc3c2Cc2ccccc2-3)[C@H]1CCOCCOCCO. The summed E-state index contributed by atoms with van der Waals surface area (Å²) < 4.78 is 36.8. The number of benzene rings is 3. The Morgan fingerprint density at radius 3 is 2.52 bits per heavy atom. The van der Waals surface area contributed by atoms with Crippen molar-refractivity contribution in [1.29, 1.82) is 0 Å².